The Balaban J connectivity index is 1.39. The van der Waals surface area contributed by atoms with Gasteiger partial charge in [0.25, 0.3) is 5.91 Å². The van der Waals surface area contributed by atoms with Crippen molar-refractivity contribution in [1.29, 1.82) is 5.41 Å². The molecule has 0 spiro atoms. The van der Waals surface area contributed by atoms with Crippen LogP contribution in [0, 0.1) is 5.41 Å². The highest BCUT2D eigenvalue weighted by Crippen LogP contribution is 2.31. The number of carbonyl (C=O) groups is 2. The molecule has 0 bridgehead atoms. The summed E-state index contributed by atoms with van der Waals surface area (Å²) in [4.78, 5) is 27.5. The number of rotatable bonds is 9. The average molecular weight is 494 g/mol. The van der Waals surface area contributed by atoms with Gasteiger partial charge in [0.15, 0.2) is 22.5 Å². The van der Waals surface area contributed by atoms with Crippen LogP contribution in [0.25, 0.3) is 6.08 Å². The summed E-state index contributed by atoms with van der Waals surface area (Å²) in [5.41, 5.74) is 3.04. The number of thioether (sulfide) groups is 1. The molecule has 2 N–H and O–H groups in total. The van der Waals surface area contributed by atoms with Gasteiger partial charge in [-0.2, -0.15) is 15.1 Å². The molecule has 2 amide bonds. The fourth-order valence-electron chi connectivity index (χ4n) is 3.25. The first-order chi connectivity index (χ1) is 16.9. The van der Waals surface area contributed by atoms with Crippen molar-refractivity contribution in [2.24, 2.45) is 10.1 Å². The van der Waals surface area contributed by atoms with Crippen LogP contribution in [0.4, 0.5) is 5.69 Å². The molecular weight excluding hydrogens is 470 g/mol. The highest BCUT2D eigenvalue weighted by atomic mass is 32.2. The van der Waals surface area contributed by atoms with Gasteiger partial charge in [-0.25, -0.2) is 0 Å². The van der Waals surface area contributed by atoms with Gasteiger partial charge in [0, 0.05) is 12.6 Å². The second-order valence-corrected chi connectivity index (χ2v) is 8.11. The Hall–Kier alpha value is -4.12. The van der Waals surface area contributed by atoms with Gasteiger partial charge in [-0.15, -0.1) is 0 Å². The van der Waals surface area contributed by atoms with Crippen LogP contribution in [-0.4, -0.2) is 53.2 Å². The lowest BCUT2D eigenvalue weighted by molar-refractivity contribution is -0.115. The van der Waals surface area contributed by atoms with Gasteiger partial charge in [-0.05, 0) is 66.7 Å². The molecule has 180 valence electrons. The summed E-state index contributed by atoms with van der Waals surface area (Å²) in [5.74, 6) is 1.05. The summed E-state index contributed by atoms with van der Waals surface area (Å²) in [6.45, 7) is 4.32. The van der Waals surface area contributed by atoms with E-state index in [0.29, 0.717) is 46.9 Å². The molecule has 35 heavy (non-hydrogen) atoms. The van der Waals surface area contributed by atoms with Crippen LogP contribution in [0.2, 0.25) is 0 Å². The number of amides is 2. The predicted molar refractivity (Wildman–Crippen MR) is 135 cm³/mol. The number of benzene rings is 2. The van der Waals surface area contributed by atoms with Gasteiger partial charge in [0.1, 0.15) is 19.0 Å². The van der Waals surface area contributed by atoms with Crippen LogP contribution in [0.3, 0.4) is 0 Å². The molecule has 0 aliphatic carbocycles. The van der Waals surface area contributed by atoms with Crippen LogP contribution in [0.1, 0.15) is 19.4 Å². The number of fused-ring (bicyclic) bond motifs is 1. The minimum absolute atomic E-state index is 0.0261. The van der Waals surface area contributed by atoms with Gasteiger partial charge >= 0.3 is 0 Å². The first-order valence-corrected chi connectivity index (χ1v) is 11.7. The highest BCUT2D eigenvalue weighted by Gasteiger charge is 2.32. The van der Waals surface area contributed by atoms with Crippen LogP contribution < -0.4 is 19.5 Å². The molecule has 11 heteroatoms. The van der Waals surface area contributed by atoms with Crippen molar-refractivity contribution in [2.75, 3.05) is 25.1 Å². The van der Waals surface area contributed by atoms with Crippen LogP contribution in [-0.2, 0) is 9.59 Å². The van der Waals surface area contributed by atoms with E-state index in [1.807, 2.05) is 6.92 Å². The molecule has 0 aromatic heterocycles. The van der Waals surface area contributed by atoms with E-state index in [4.69, 9.17) is 19.6 Å². The van der Waals surface area contributed by atoms with Crippen molar-refractivity contribution < 1.29 is 23.8 Å². The third kappa shape index (κ3) is 5.87. The van der Waals surface area contributed by atoms with Crippen molar-refractivity contribution in [2.45, 2.75) is 13.8 Å². The van der Waals surface area contributed by atoms with Gasteiger partial charge < -0.3 is 19.5 Å². The zero-order valence-electron chi connectivity index (χ0n) is 19.1. The standard InChI is InChI=1S/C24H23N5O5S/c1-3-32-21-13-16(12-19-22(25)29-24(28-23(19)31)35-14-26-29)4-9-20(21)34-11-10-33-18-7-5-17(6-8-18)27-15(2)30/h4-9,12-14,25H,3,10-11H2,1-2H3,(H,27,30)/b19-12+,25-22?. The molecule has 2 aromatic rings. The second-order valence-electron chi connectivity index (χ2n) is 7.30. The predicted octanol–water partition coefficient (Wildman–Crippen LogP) is 3.75. The highest BCUT2D eigenvalue weighted by molar-refractivity contribution is 8.25. The Bertz CT molecular complexity index is 1240. The van der Waals surface area contributed by atoms with E-state index < -0.39 is 5.91 Å². The molecule has 0 radical (unpaired) electrons. The largest absolute Gasteiger partial charge is 0.490 e. The first-order valence-electron chi connectivity index (χ1n) is 10.8. The smallest absolute Gasteiger partial charge is 0.283 e. The van der Waals surface area contributed by atoms with Crippen LogP contribution >= 0.6 is 11.8 Å². The van der Waals surface area contributed by atoms with Gasteiger partial charge in [-0.1, -0.05) is 6.07 Å². The lowest BCUT2D eigenvalue weighted by Gasteiger charge is -2.20. The van der Waals surface area contributed by atoms with E-state index in [-0.39, 0.29) is 23.9 Å². The summed E-state index contributed by atoms with van der Waals surface area (Å²) in [6, 6.07) is 12.3. The maximum absolute atomic E-state index is 12.4. The zero-order chi connectivity index (χ0) is 24.8. The molecule has 0 fully saturated rings. The molecular formula is C24H23N5O5S. The maximum atomic E-state index is 12.4. The van der Waals surface area contributed by atoms with Gasteiger partial charge in [-0.3, -0.25) is 15.0 Å². The van der Waals surface area contributed by atoms with E-state index in [1.54, 1.807) is 48.5 Å². The molecule has 0 unspecified atom stereocenters. The molecule has 4 rings (SSSR count). The molecule has 0 saturated heterocycles. The fraction of sp³-hybridized carbons (Fsp3) is 0.208. The van der Waals surface area contributed by atoms with E-state index in [0.717, 1.165) is 0 Å². The summed E-state index contributed by atoms with van der Waals surface area (Å²) in [7, 11) is 0. The maximum Gasteiger partial charge on any atom is 0.283 e. The number of hydrogen-bond acceptors (Lipinski definition) is 8. The number of anilines is 1. The second kappa shape index (κ2) is 10.9. The Labute approximate surface area is 206 Å². The average Bonchev–Trinajstić information content (AvgIpc) is 3.30. The summed E-state index contributed by atoms with van der Waals surface area (Å²) < 4.78 is 17.3. The number of nitrogens with zero attached hydrogens (tertiary/aromatic N) is 3. The van der Waals surface area contributed by atoms with Gasteiger partial charge in [0.2, 0.25) is 5.91 Å². The van der Waals surface area contributed by atoms with E-state index in [2.05, 4.69) is 15.4 Å². The SMILES string of the molecule is CCOc1cc(/C=C2\C(=N)N3N=CSC3=NC2=O)ccc1OCCOc1ccc(NC(C)=O)cc1. The zero-order valence-corrected chi connectivity index (χ0v) is 19.9. The lowest BCUT2D eigenvalue weighted by atomic mass is 10.1. The monoisotopic (exact) mass is 493 g/mol. The van der Waals surface area contributed by atoms with Crippen molar-refractivity contribution in [3.8, 4) is 17.2 Å². The van der Waals surface area contributed by atoms with E-state index in [9.17, 15) is 9.59 Å². The number of nitrogens with one attached hydrogen (secondary N) is 2. The Morgan fingerprint density at radius 2 is 1.89 bits per heavy atom. The minimum atomic E-state index is -0.486. The lowest BCUT2D eigenvalue weighted by Crippen LogP contribution is -2.35. The van der Waals surface area contributed by atoms with Crippen LogP contribution in [0.15, 0.2) is 58.1 Å². The normalized spacial score (nSPS) is 15.7. The Kier molecular flexibility index (Phi) is 7.46. The topological polar surface area (TPSA) is 126 Å². The number of aliphatic imine (C=N–C) groups is 1. The van der Waals surface area contributed by atoms with Gasteiger partial charge in [0.05, 0.1) is 17.7 Å². The van der Waals surface area contributed by atoms with Crippen molar-refractivity contribution in [1.82, 2.24) is 5.01 Å². The third-order valence-corrected chi connectivity index (χ3v) is 5.43. The number of hydrogen-bond donors (Lipinski definition) is 2. The fourth-order valence-corrected chi connectivity index (χ4v) is 3.86. The molecule has 2 aromatic carbocycles. The molecule has 2 aliphatic rings. The third-order valence-electron chi connectivity index (χ3n) is 4.76. The first kappa shape index (κ1) is 24.0. The molecule has 10 nitrogen and oxygen atoms in total. The number of ether oxygens (including phenoxy) is 3. The summed E-state index contributed by atoms with van der Waals surface area (Å²) in [5, 5.41) is 16.8. The van der Waals surface area contributed by atoms with Crippen molar-refractivity contribution in [3.63, 3.8) is 0 Å². The van der Waals surface area contributed by atoms with Crippen molar-refractivity contribution in [3.05, 3.63) is 53.6 Å². The van der Waals surface area contributed by atoms with Crippen LogP contribution in [0.5, 0.6) is 17.2 Å². The number of carbonyl (C=O) groups excluding carboxylic acids is 2. The Morgan fingerprint density at radius 3 is 2.63 bits per heavy atom. The summed E-state index contributed by atoms with van der Waals surface area (Å²) >= 11 is 1.20. The van der Waals surface area contributed by atoms with E-state index >= 15 is 0 Å². The number of amidine groups is 2. The van der Waals surface area contributed by atoms with Crippen molar-refractivity contribution >= 4 is 51.9 Å². The molecule has 0 saturated carbocycles. The summed E-state index contributed by atoms with van der Waals surface area (Å²) in [6.07, 6.45) is 1.59. The quantitative estimate of drug-likeness (QED) is 0.402. The number of hydrazone groups is 1. The minimum Gasteiger partial charge on any atom is -0.490 e. The molecule has 0 atom stereocenters. The molecule has 2 heterocycles. The Morgan fingerprint density at radius 1 is 1.11 bits per heavy atom. The molecule has 2 aliphatic heterocycles. The van der Waals surface area contributed by atoms with E-state index in [1.165, 1.54) is 29.2 Å².